The van der Waals surface area contributed by atoms with Crippen molar-refractivity contribution in [3.63, 3.8) is 0 Å². The monoisotopic (exact) mass is 348 g/mol. The Morgan fingerprint density at radius 3 is 2.35 bits per heavy atom. The first kappa shape index (κ1) is 17.7. The second-order valence-electron chi connectivity index (χ2n) is 7.36. The average Bonchev–Trinajstić information content (AvgIpc) is 2.99. The van der Waals surface area contributed by atoms with Gasteiger partial charge < -0.3 is 5.32 Å². The summed E-state index contributed by atoms with van der Waals surface area (Å²) in [6.45, 7) is 8.28. The lowest BCUT2D eigenvalue weighted by molar-refractivity contribution is 0.262. The molecule has 2 amide bonds. The third-order valence-corrected chi connectivity index (χ3v) is 4.00. The van der Waals surface area contributed by atoms with Gasteiger partial charge in [-0.1, -0.05) is 51.1 Å². The number of carbonyl (C=O) groups is 1. The maximum Gasteiger partial charge on any atom is 0.324 e. The van der Waals surface area contributed by atoms with E-state index in [9.17, 15) is 4.79 Å². The molecule has 0 spiro atoms. The molecule has 134 valence electrons. The summed E-state index contributed by atoms with van der Waals surface area (Å²) in [6.07, 6.45) is 0. The highest BCUT2D eigenvalue weighted by molar-refractivity contribution is 5.99. The summed E-state index contributed by atoms with van der Waals surface area (Å²) < 4.78 is 1.76. The molecule has 0 saturated carbocycles. The number of urea groups is 1. The largest absolute Gasteiger partial charge is 0.324 e. The molecule has 5 heteroatoms. The number of aromatic nitrogens is 2. The SMILES string of the molecule is Cc1cccc(NC(=O)Nc2cc(C(C)(C)C)nn2-c2ccccc2)c1. The van der Waals surface area contributed by atoms with Crippen LogP contribution in [-0.4, -0.2) is 15.8 Å². The summed E-state index contributed by atoms with van der Waals surface area (Å²) in [7, 11) is 0. The molecule has 0 unspecified atom stereocenters. The van der Waals surface area contributed by atoms with Crippen molar-refractivity contribution in [1.29, 1.82) is 0 Å². The molecule has 0 aliphatic heterocycles. The number of para-hydroxylation sites is 1. The smallest absolute Gasteiger partial charge is 0.308 e. The van der Waals surface area contributed by atoms with Crippen LogP contribution in [0.3, 0.4) is 0 Å². The molecule has 3 rings (SSSR count). The third kappa shape index (κ3) is 4.11. The van der Waals surface area contributed by atoms with Crippen molar-refractivity contribution in [2.45, 2.75) is 33.1 Å². The molecule has 0 aliphatic carbocycles. The van der Waals surface area contributed by atoms with Crippen molar-refractivity contribution in [1.82, 2.24) is 9.78 Å². The van der Waals surface area contributed by atoms with Gasteiger partial charge in [0.1, 0.15) is 5.82 Å². The van der Waals surface area contributed by atoms with Crippen LogP contribution in [-0.2, 0) is 5.41 Å². The summed E-state index contributed by atoms with van der Waals surface area (Å²) in [5.74, 6) is 0.631. The fraction of sp³-hybridized carbons (Fsp3) is 0.238. The molecule has 0 bridgehead atoms. The Balaban J connectivity index is 1.88. The average molecular weight is 348 g/mol. The first-order valence-corrected chi connectivity index (χ1v) is 8.63. The summed E-state index contributed by atoms with van der Waals surface area (Å²) in [5.41, 5.74) is 3.53. The number of anilines is 2. The molecule has 0 aliphatic rings. The van der Waals surface area contributed by atoms with E-state index in [-0.39, 0.29) is 11.4 Å². The molecule has 1 aromatic heterocycles. The van der Waals surface area contributed by atoms with Gasteiger partial charge in [0.15, 0.2) is 0 Å². The topological polar surface area (TPSA) is 59.0 Å². The highest BCUT2D eigenvalue weighted by Gasteiger charge is 2.21. The highest BCUT2D eigenvalue weighted by atomic mass is 16.2. The maximum absolute atomic E-state index is 12.5. The highest BCUT2D eigenvalue weighted by Crippen LogP contribution is 2.26. The van der Waals surface area contributed by atoms with E-state index in [0.29, 0.717) is 5.82 Å². The molecule has 0 atom stereocenters. The number of hydrogen-bond acceptors (Lipinski definition) is 2. The Bertz CT molecular complexity index is 907. The van der Waals surface area contributed by atoms with Gasteiger partial charge in [-0.3, -0.25) is 5.32 Å². The second-order valence-corrected chi connectivity index (χ2v) is 7.36. The van der Waals surface area contributed by atoms with Crippen molar-refractivity contribution in [3.05, 3.63) is 71.9 Å². The number of amides is 2. The minimum Gasteiger partial charge on any atom is -0.308 e. The van der Waals surface area contributed by atoms with Crippen molar-refractivity contribution < 1.29 is 4.79 Å². The van der Waals surface area contributed by atoms with Crippen molar-refractivity contribution in [2.75, 3.05) is 10.6 Å². The van der Waals surface area contributed by atoms with Crippen LogP contribution >= 0.6 is 0 Å². The fourth-order valence-electron chi connectivity index (χ4n) is 2.60. The number of carbonyl (C=O) groups excluding carboxylic acids is 1. The molecule has 0 radical (unpaired) electrons. The van der Waals surface area contributed by atoms with Crippen molar-refractivity contribution in [3.8, 4) is 5.69 Å². The number of aryl methyl sites for hydroxylation is 1. The minimum absolute atomic E-state index is 0.122. The Kier molecular flexibility index (Phi) is 4.80. The van der Waals surface area contributed by atoms with Gasteiger partial charge in [-0.25, -0.2) is 9.48 Å². The molecular weight excluding hydrogens is 324 g/mol. The zero-order valence-electron chi connectivity index (χ0n) is 15.6. The Morgan fingerprint density at radius 1 is 0.962 bits per heavy atom. The molecule has 0 saturated heterocycles. The van der Waals surface area contributed by atoms with Gasteiger partial charge in [0.25, 0.3) is 0 Å². The van der Waals surface area contributed by atoms with Crippen LogP contribution in [0.5, 0.6) is 0 Å². The quantitative estimate of drug-likeness (QED) is 0.690. The van der Waals surface area contributed by atoms with Gasteiger partial charge in [0.05, 0.1) is 11.4 Å². The fourth-order valence-corrected chi connectivity index (χ4v) is 2.60. The van der Waals surface area contributed by atoms with Crippen LogP contribution in [0.15, 0.2) is 60.7 Å². The predicted molar refractivity (Wildman–Crippen MR) is 106 cm³/mol. The summed E-state index contributed by atoms with van der Waals surface area (Å²) in [4.78, 5) is 12.5. The van der Waals surface area contributed by atoms with Crippen LogP contribution < -0.4 is 10.6 Å². The van der Waals surface area contributed by atoms with Gasteiger partial charge in [0, 0.05) is 17.2 Å². The normalized spacial score (nSPS) is 11.2. The van der Waals surface area contributed by atoms with Gasteiger partial charge in [-0.2, -0.15) is 5.10 Å². The van der Waals surface area contributed by atoms with E-state index in [1.165, 1.54) is 0 Å². The molecule has 1 heterocycles. The van der Waals surface area contributed by atoms with E-state index < -0.39 is 0 Å². The molecular formula is C21H24N4O. The Hall–Kier alpha value is -3.08. The van der Waals surface area contributed by atoms with Crippen LogP contribution in [0.4, 0.5) is 16.3 Å². The molecule has 3 aromatic rings. The third-order valence-electron chi connectivity index (χ3n) is 4.00. The predicted octanol–water partition coefficient (Wildman–Crippen LogP) is 5.12. The number of hydrogen-bond donors (Lipinski definition) is 2. The van der Waals surface area contributed by atoms with E-state index in [0.717, 1.165) is 22.6 Å². The van der Waals surface area contributed by atoms with E-state index in [1.807, 2.05) is 67.6 Å². The molecule has 2 aromatic carbocycles. The lowest BCUT2D eigenvalue weighted by Crippen LogP contribution is -2.21. The van der Waals surface area contributed by atoms with Crippen LogP contribution in [0.25, 0.3) is 5.69 Å². The van der Waals surface area contributed by atoms with E-state index in [4.69, 9.17) is 5.10 Å². The van der Waals surface area contributed by atoms with Crippen LogP contribution in [0, 0.1) is 6.92 Å². The first-order chi connectivity index (χ1) is 12.3. The van der Waals surface area contributed by atoms with E-state index in [1.54, 1.807) is 4.68 Å². The molecule has 26 heavy (non-hydrogen) atoms. The second kappa shape index (κ2) is 7.04. The van der Waals surface area contributed by atoms with Gasteiger partial charge in [-0.15, -0.1) is 0 Å². The van der Waals surface area contributed by atoms with Crippen molar-refractivity contribution >= 4 is 17.5 Å². The number of benzene rings is 2. The van der Waals surface area contributed by atoms with Crippen LogP contribution in [0.1, 0.15) is 32.0 Å². The standard InChI is InChI=1S/C21H24N4O/c1-15-9-8-10-16(13-15)22-20(26)23-19-14-18(21(2,3)4)24-25(19)17-11-6-5-7-12-17/h5-14H,1-4H3,(H2,22,23,26). The van der Waals surface area contributed by atoms with E-state index in [2.05, 4.69) is 31.4 Å². The van der Waals surface area contributed by atoms with Gasteiger partial charge in [-0.05, 0) is 36.8 Å². The lowest BCUT2D eigenvalue weighted by atomic mass is 9.92. The zero-order chi connectivity index (χ0) is 18.7. The molecule has 2 N–H and O–H groups in total. The number of rotatable bonds is 3. The number of nitrogens with one attached hydrogen (secondary N) is 2. The summed E-state index contributed by atoms with van der Waals surface area (Å²) in [5, 5.41) is 10.5. The van der Waals surface area contributed by atoms with Gasteiger partial charge >= 0.3 is 6.03 Å². The number of nitrogens with zero attached hydrogens (tertiary/aromatic N) is 2. The van der Waals surface area contributed by atoms with Crippen molar-refractivity contribution in [2.24, 2.45) is 0 Å². The minimum atomic E-state index is -0.298. The lowest BCUT2D eigenvalue weighted by Gasteiger charge is -2.14. The summed E-state index contributed by atoms with van der Waals surface area (Å²) >= 11 is 0. The Labute approximate surface area is 154 Å². The maximum atomic E-state index is 12.5. The molecule has 5 nitrogen and oxygen atoms in total. The summed E-state index contributed by atoms with van der Waals surface area (Å²) in [6, 6.07) is 19.1. The zero-order valence-corrected chi connectivity index (χ0v) is 15.6. The van der Waals surface area contributed by atoms with Crippen LogP contribution in [0.2, 0.25) is 0 Å². The first-order valence-electron chi connectivity index (χ1n) is 8.63. The Morgan fingerprint density at radius 2 is 1.69 bits per heavy atom. The molecule has 0 fully saturated rings. The van der Waals surface area contributed by atoms with E-state index >= 15 is 0 Å². The van der Waals surface area contributed by atoms with Gasteiger partial charge in [0.2, 0.25) is 0 Å².